The first-order valence-electron chi connectivity index (χ1n) is 3.00. The van der Waals surface area contributed by atoms with Crippen LogP contribution in [0.4, 0.5) is 8.78 Å². The Labute approximate surface area is 90.3 Å². The van der Waals surface area contributed by atoms with E-state index in [-0.39, 0.29) is 12.4 Å². The lowest BCUT2D eigenvalue weighted by Crippen LogP contribution is -2.14. The average Bonchev–Trinajstić information content (AvgIpc) is 1.98. The number of primary sulfonamides is 1. The average molecular weight is 264 g/mol. The molecule has 0 aliphatic rings. The van der Waals surface area contributed by atoms with Gasteiger partial charge in [-0.05, 0) is 12.1 Å². The number of nitrogens with two attached hydrogens (primary N) is 1. The van der Waals surface area contributed by atoms with Gasteiger partial charge in [0, 0.05) is 0 Å². The van der Waals surface area contributed by atoms with Crippen molar-refractivity contribution in [3.05, 3.63) is 28.8 Å². The molecule has 80 valence electrons. The van der Waals surface area contributed by atoms with Crippen LogP contribution in [0.15, 0.2) is 17.0 Å². The van der Waals surface area contributed by atoms with E-state index in [4.69, 9.17) is 11.6 Å². The molecule has 8 heteroatoms. The van der Waals surface area contributed by atoms with E-state index in [0.29, 0.717) is 6.07 Å². The third-order valence-corrected chi connectivity index (χ3v) is 2.58. The predicted octanol–water partition coefficient (Wildman–Crippen LogP) is 1.69. The maximum absolute atomic E-state index is 12.9. The minimum Gasteiger partial charge on any atom is -0.225 e. The van der Waals surface area contributed by atoms with Crippen LogP contribution in [-0.4, -0.2) is 8.42 Å². The molecule has 0 heterocycles. The maximum Gasteiger partial charge on any atom is 0.241 e. The topological polar surface area (TPSA) is 60.2 Å². The third-order valence-electron chi connectivity index (χ3n) is 1.31. The van der Waals surface area contributed by atoms with Gasteiger partial charge in [0.1, 0.15) is 15.7 Å². The van der Waals surface area contributed by atoms with Crippen molar-refractivity contribution < 1.29 is 17.2 Å². The second-order valence-electron chi connectivity index (χ2n) is 2.22. The Morgan fingerprint density at radius 3 is 2.21 bits per heavy atom. The molecule has 2 N–H and O–H groups in total. The molecule has 0 atom stereocenters. The van der Waals surface area contributed by atoms with Crippen LogP contribution in [0.25, 0.3) is 0 Å². The summed E-state index contributed by atoms with van der Waals surface area (Å²) in [6, 6.07) is 1.44. The lowest BCUT2D eigenvalue weighted by atomic mass is 10.3. The highest BCUT2D eigenvalue weighted by atomic mass is 35.5. The molecule has 0 saturated heterocycles. The summed E-state index contributed by atoms with van der Waals surface area (Å²) >= 11 is 5.12. The fraction of sp³-hybridized carbons (Fsp3) is 0. The van der Waals surface area contributed by atoms with Crippen molar-refractivity contribution in [2.75, 3.05) is 0 Å². The van der Waals surface area contributed by atoms with E-state index in [0.717, 1.165) is 6.07 Å². The SMILES string of the molecule is Cl.NS(=O)(=O)c1ccc(F)c(Cl)c1F. The smallest absolute Gasteiger partial charge is 0.225 e. The van der Waals surface area contributed by atoms with Crippen LogP contribution in [0.2, 0.25) is 5.02 Å². The molecule has 14 heavy (non-hydrogen) atoms. The molecule has 1 aromatic carbocycles. The van der Waals surface area contributed by atoms with Crippen LogP contribution in [0.3, 0.4) is 0 Å². The van der Waals surface area contributed by atoms with Crippen molar-refractivity contribution in [3.63, 3.8) is 0 Å². The Hall–Kier alpha value is -0.430. The monoisotopic (exact) mass is 263 g/mol. The zero-order valence-electron chi connectivity index (χ0n) is 6.50. The van der Waals surface area contributed by atoms with Gasteiger partial charge in [-0.3, -0.25) is 0 Å². The van der Waals surface area contributed by atoms with Crippen molar-refractivity contribution >= 4 is 34.0 Å². The second-order valence-corrected chi connectivity index (χ2v) is 4.13. The van der Waals surface area contributed by atoms with Crippen molar-refractivity contribution in [1.82, 2.24) is 0 Å². The van der Waals surface area contributed by atoms with Gasteiger partial charge in [-0.15, -0.1) is 12.4 Å². The number of rotatable bonds is 1. The number of hydrogen-bond acceptors (Lipinski definition) is 2. The lowest BCUT2D eigenvalue weighted by molar-refractivity contribution is 0.550. The standard InChI is InChI=1S/C6H4ClF2NO2S.ClH/c7-5-3(8)1-2-4(6(5)9)13(10,11)12;/h1-2H,(H2,10,11,12);1H. The van der Waals surface area contributed by atoms with Gasteiger partial charge in [0.15, 0.2) is 5.82 Å². The fourth-order valence-electron chi connectivity index (χ4n) is 0.728. The van der Waals surface area contributed by atoms with Gasteiger partial charge in [0.05, 0.1) is 0 Å². The minimum absolute atomic E-state index is 0. The number of hydrogen-bond donors (Lipinski definition) is 1. The zero-order valence-corrected chi connectivity index (χ0v) is 8.89. The van der Waals surface area contributed by atoms with Gasteiger partial charge < -0.3 is 0 Å². The molecule has 0 amide bonds. The van der Waals surface area contributed by atoms with E-state index in [1.54, 1.807) is 0 Å². The molecule has 0 aliphatic carbocycles. The molecule has 0 aliphatic heterocycles. The summed E-state index contributed by atoms with van der Waals surface area (Å²) in [6.45, 7) is 0. The predicted molar refractivity (Wildman–Crippen MR) is 50.0 cm³/mol. The number of benzene rings is 1. The van der Waals surface area contributed by atoms with Crippen LogP contribution in [0.5, 0.6) is 0 Å². The van der Waals surface area contributed by atoms with E-state index >= 15 is 0 Å². The Bertz CT molecular complexity index is 449. The molecule has 3 nitrogen and oxygen atoms in total. The van der Waals surface area contributed by atoms with Gasteiger partial charge in [0.25, 0.3) is 0 Å². The molecule has 0 fully saturated rings. The molecule has 1 aromatic rings. The molecular weight excluding hydrogens is 259 g/mol. The first-order chi connectivity index (χ1) is 5.84. The first kappa shape index (κ1) is 13.6. The molecule has 0 saturated carbocycles. The highest BCUT2D eigenvalue weighted by Crippen LogP contribution is 2.23. The highest BCUT2D eigenvalue weighted by molar-refractivity contribution is 7.89. The van der Waals surface area contributed by atoms with E-state index < -0.39 is 31.6 Å². The van der Waals surface area contributed by atoms with E-state index in [1.807, 2.05) is 0 Å². The molecule has 1 rings (SSSR count). The first-order valence-corrected chi connectivity index (χ1v) is 4.93. The summed E-state index contributed by atoms with van der Waals surface area (Å²) in [7, 11) is -4.20. The summed E-state index contributed by atoms with van der Waals surface area (Å²) in [4.78, 5) is -0.820. The van der Waals surface area contributed by atoms with Crippen LogP contribution in [0.1, 0.15) is 0 Å². The van der Waals surface area contributed by atoms with Crippen LogP contribution in [0, 0.1) is 11.6 Å². The molecule has 0 bridgehead atoms. The normalized spacial score (nSPS) is 10.9. The molecule has 0 radical (unpaired) electrons. The fourth-order valence-corrected chi connectivity index (χ4v) is 1.56. The van der Waals surface area contributed by atoms with Gasteiger partial charge in [-0.1, -0.05) is 11.6 Å². The zero-order chi connectivity index (χ0) is 10.2. The minimum atomic E-state index is -4.20. The summed E-state index contributed by atoms with van der Waals surface area (Å²) in [5.41, 5.74) is 0. The van der Waals surface area contributed by atoms with Gasteiger partial charge >= 0.3 is 0 Å². The van der Waals surface area contributed by atoms with E-state index in [1.165, 1.54) is 0 Å². The summed E-state index contributed by atoms with van der Waals surface area (Å²) < 4.78 is 46.8. The Kier molecular flexibility index (Phi) is 4.26. The summed E-state index contributed by atoms with van der Waals surface area (Å²) in [6.07, 6.45) is 0. The van der Waals surface area contributed by atoms with E-state index in [9.17, 15) is 17.2 Å². The van der Waals surface area contributed by atoms with Gasteiger partial charge in [0.2, 0.25) is 10.0 Å². The molecular formula is C6H5Cl2F2NO2S. The van der Waals surface area contributed by atoms with Gasteiger partial charge in [-0.25, -0.2) is 22.3 Å². The summed E-state index contributed by atoms with van der Waals surface area (Å²) in [5.74, 6) is -2.41. The van der Waals surface area contributed by atoms with Crippen molar-refractivity contribution in [1.29, 1.82) is 0 Å². The number of halogens is 4. The Morgan fingerprint density at radius 2 is 1.79 bits per heavy atom. The van der Waals surface area contributed by atoms with Crippen molar-refractivity contribution in [2.24, 2.45) is 5.14 Å². The van der Waals surface area contributed by atoms with Gasteiger partial charge in [-0.2, -0.15) is 0 Å². The Morgan fingerprint density at radius 1 is 1.29 bits per heavy atom. The van der Waals surface area contributed by atoms with E-state index in [2.05, 4.69) is 5.14 Å². The summed E-state index contributed by atoms with van der Waals surface area (Å²) in [5, 5.41) is 3.74. The molecule has 0 unspecified atom stereocenters. The largest absolute Gasteiger partial charge is 0.241 e. The highest BCUT2D eigenvalue weighted by Gasteiger charge is 2.19. The number of sulfonamides is 1. The molecule has 0 spiro atoms. The van der Waals surface area contributed by atoms with Crippen LogP contribution >= 0.6 is 24.0 Å². The second kappa shape index (κ2) is 4.39. The Balaban J connectivity index is 0.00000169. The maximum atomic E-state index is 12.9. The van der Waals surface area contributed by atoms with Crippen molar-refractivity contribution in [2.45, 2.75) is 4.90 Å². The lowest BCUT2D eigenvalue weighted by Gasteiger charge is -2.01. The van der Waals surface area contributed by atoms with Crippen LogP contribution in [-0.2, 0) is 10.0 Å². The van der Waals surface area contributed by atoms with Crippen LogP contribution < -0.4 is 5.14 Å². The third kappa shape index (κ3) is 2.54. The quantitative estimate of drug-likeness (QED) is 0.784. The van der Waals surface area contributed by atoms with Crippen molar-refractivity contribution in [3.8, 4) is 0 Å². The molecule has 0 aromatic heterocycles.